The third kappa shape index (κ3) is 1.38. The number of nitrogen functional groups attached to an aromatic ring is 1. The highest BCUT2D eigenvalue weighted by molar-refractivity contribution is 6.35. The monoisotopic (exact) mass is 249 g/mol. The van der Waals surface area contributed by atoms with E-state index in [1.807, 2.05) is 12.1 Å². The molecule has 0 spiro atoms. The Balaban J connectivity index is 2.29. The van der Waals surface area contributed by atoms with Crippen LogP contribution in [0.4, 0.5) is 5.95 Å². The number of aromatic nitrogens is 2. The van der Waals surface area contributed by atoms with Gasteiger partial charge in [-0.1, -0.05) is 24.6 Å². The molecule has 1 aromatic heterocycles. The fraction of sp³-hybridized carbons (Fsp3) is 0.462. The van der Waals surface area contributed by atoms with Crippen molar-refractivity contribution in [3.63, 3.8) is 0 Å². The van der Waals surface area contributed by atoms with Gasteiger partial charge in [-0.05, 0) is 37.8 Å². The molecular weight excluding hydrogens is 234 g/mol. The first-order valence-corrected chi connectivity index (χ1v) is 6.49. The van der Waals surface area contributed by atoms with Crippen molar-refractivity contribution in [2.45, 2.75) is 38.1 Å². The molecule has 0 radical (unpaired) electrons. The van der Waals surface area contributed by atoms with Crippen LogP contribution in [0.3, 0.4) is 0 Å². The van der Waals surface area contributed by atoms with Crippen molar-refractivity contribution in [3.8, 4) is 0 Å². The van der Waals surface area contributed by atoms with Crippen molar-refractivity contribution < 1.29 is 0 Å². The number of hydrogen-bond donors (Lipinski definition) is 1. The predicted octanol–water partition coefficient (Wildman–Crippen LogP) is 3.56. The molecular formula is C13H16ClN3. The highest BCUT2D eigenvalue weighted by Gasteiger charge is 2.39. The standard InChI is InChI=1S/C13H16ClN3/c1-2-13(7-4-8-13)17-10-6-3-5-9(14)11(10)16-12(17)15/h3,5-6H,2,4,7-8H2,1H3,(H2,15,16). The van der Waals surface area contributed by atoms with Crippen LogP contribution in [-0.4, -0.2) is 9.55 Å². The Morgan fingerprint density at radius 3 is 2.82 bits per heavy atom. The number of benzene rings is 1. The van der Waals surface area contributed by atoms with Crippen molar-refractivity contribution in [2.24, 2.45) is 0 Å². The average molecular weight is 250 g/mol. The van der Waals surface area contributed by atoms with Crippen LogP contribution >= 0.6 is 11.6 Å². The number of para-hydroxylation sites is 1. The van der Waals surface area contributed by atoms with E-state index in [1.54, 1.807) is 0 Å². The first-order valence-electron chi connectivity index (χ1n) is 6.11. The minimum absolute atomic E-state index is 0.170. The van der Waals surface area contributed by atoms with Crippen LogP contribution in [0.25, 0.3) is 11.0 Å². The van der Waals surface area contributed by atoms with Crippen molar-refractivity contribution >= 4 is 28.6 Å². The summed E-state index contributed by atoms with van der Waals surface area (Å²) in [6.07, 6.45) is 4.74. The maximum absolute atomic E-state index is 6.17. The lowest BCUT2D eigenvalue weighted by Gasteiger charge is -2.43. The fourth-order valence-corrected chi connectivity index (χ4v) is 3.11. The van der Waals surface area contributed by atoms with Gasteiger partial charge in [0, 0.05) is 5.54 Å². The molecule has 0 atom stereocenters. The number of imidazole rings is 1. The van der Waals surface area contributed by atoms with Crippen LogP contribution < -0.4 is 5.73 Å². The van der Waals surface area contributed by atoms with Crippen molar-refractivity contribution in [1.82, 2.24) is 9.55 Å². The summed E-state index contributed by atoms with van der Waals surface area (Å²) in [6.45, 7) is 2.22. The van der Waals surface area contributed by atoms with Gasteiger partial charge in [-0.2, -0.15) is 0 Å². The maximum Gasteiger partial charge on any atom is 0.201 e. The first-order chi connectivity index (χ1) is 8.18. The minimum atomic E-state index is 0.170. The lowest BCUT2D eigenvalue weighted by Crippen LogP contribution is -2.40. The Kier molecular flexibility index (Phi) is 2.33. The van der Waals surface area contributed by atoms with Gasteiger partial charge in [0.2, 0.25) is 5.95 Å². The number of anilines is 1. The van der Waals surface area contributed by atoms with Crippen LogP contribution in [0.5, 0.6) is 0 Å². The summed E-state index contributed by atoms with van der Waals surface area (Å²) in [4.78, 5) is 4.42. The molecule has 0 aliphatic heterocycles. The van der Waals surface area contributed by atoms with Gasteiger partial charge in [-0.3, -0.25) is 0 Å². The van der Waals surface area contributed by atoms with Crippen molar-refractivity contribution in [2.75, 3.05) is 5.73 Å². The third-order valence-electron chi connectivity index (χ3n) is 4.08. The van der Waals surface area contributed by atoms with Gasteiger partial charge in [-0.15, -0.1) is 0 Å². The lowest BCUT2D eigenvalue weighted by molar-refractivity contribution is 0.144. The quantitative estimate of drug-likeness (QED) is 0.884. The molecule has 1 saturated carbocycles. The SMILES string of the molecule is CCC1(n2c(N)nc3c(Cl)cccc32)CCC1. The second-order valence-corrected chi connectivity index (χ2v) is 5.25. The van der Waals surface area contributed by atoms with Crippen LogP contribution in [0.15, 0.2) is 18.2 Å². The Hall–Kier alpha value is -1.22. The van der Waals surface area contributed by atoms with Gasteiger partial charge < -0.3 is 10.3 Å². The summed E-state index contributed by atoms with van der Waals surface area (Å²) in [6, 6.07) is 5.88. The molecule has 1 aliphatic carbocycles. The normalized spacial score (nSPS) is 18.2. The molecule has 0 bridgehead atoms. The number of halogens is 1. The second kappa shape index (κ2) is 3.64. The molecule has 1 aliphatic rings. The van der Waals surface area contributed by atoms with Gasteiger partial charge in [0.1, 0.15) is 5.52 Å². The molecule has 17 heavy (non-hydrogen) atoms. The molecule has 1 heterocycles. The largest absolute Gasteiger partial charge is 0.369 e. The summed E-state index contributed by atoms with van der Waals surface area (Å²) in [7, 11) is 0. The summed E-state index contributed by atoms with van der Waals surface area (Å²) in [5.74, 6) is 0.592. The predicted molar refractivity (Wildman–Crippen MR) is 71.3 cm³/mol. The van der Waals surface area contributed by atoms with Crippen LogP contribution in [0.1, 0.15) is 32.6 Å². The molecule has 1 aromatic carbocycles. The molecule has 4 heteroatoms. The smallest absolute Gasteiger partial charge is 0.201 e. The summed E-state index contributed by atoms with van der Waals surface area (Å²) in [5, 5.41) is 0.679. The zero-order chi connectivity index (χ0) is 12.0. The molecule has 2 aromatic rings. The lowest BCUT2D eigenvalue weighted by atomic mass is 9.74. The first kappa shape index (κ1) is 10.9. The topological polar surface area (TPSA) is 43.8 Å². The van der Waals surface area contributed by atoms with Crippen molar-refractivity contribution in [1.29, 1.82) is 0 Å². The molecule has 3 rings (SSSR count). The molecule has 90 valence electrons. The van der Waals surface area contributed by atoms with Gasteiger partial charge >= 0.3 is 0 Å². The Labute approximate surface area is 106 Å². The minimum Gasteiger partial charge on any atom is -0.369 e. The molecule has 1 fully saturated rings. The van der Waals surface area contributed by atoms with E-state index in [0.29, 0.717) is 11.0 Å². The third-order valence-corrected chi connectivity index (χ3v) is 4.38. The van der Waals surface area contributed by atoms with Crippen LogP contribution in [0.2, 0.25) is 5.02 Å². The number of rotatable bonds is 2. The maximum atomic E-state index is 6.17. The molecule has 3 nitrogen and oxygen atoms in total. The van der Waals surface area contributed by atoms with E-state index in [-0.39, 0.29) is 5.54 Å². The average Bonchev–Trinajstić information content (AvgIpc) is 2.58. The Bertz CT molecular complexity index is 564. The van der Waals surface area contributed by atoms with E-state index >= 15 is 0 Å². The highest BCUT2D eigenvalue weighted by atomic mass is 35.5. The van der Waals surface area contributed by atoms with Gasteiger partial charge in [0.25, 0.3) is 0 Å². The fourth-order valence-electron chi connectivity index (χ4n) is 2.90. The van der Waals surface area contributed by atoms with E-state index < -0.39 is 0 Å². The summed E-state index contributed by atoms with van der Waals surface area (Å²) < 4.78 is 2.19. The summed E-state index contributed by atoms with van der Waals surface area (Å²) >= 11 is 6.17. The van der Waals surface area contributed by atoms with Crippen LogP contribution in [-0.2, 0) is 5.54 Å². The number of nitrogens with zero attached hydrogens (tertiary/aromatic N) is 2. The van der Waals surface area contributed by atoms with Crippen molar-refractivity contribution in [3.05, 3.63) is 23.2 Å². The molecule has 0 unspecified atom stereocenters. The van der Waals surface area contributed by atoms with E-state index in [1.165, 1.54) is 19.3 Å². The van der Waals surface area contributed by atoms with E-state index in [4.69, 9.17) is 17.3 Å². The highest BCUT2D eigenvalue weighted by Crippen LogP contribution is 2.45. The van der Waals surface area contributed by atoms with E-state index in [2.05, 4.69) is 22.5 Å². The summed E-state index contributed by atoms with van der Waals surface area (Å²) in [5.41, 5.74) is 8.15. The number of fused-ring (bicyclic) bond motifs is 1. The Morgan fingerprint density at radius 1 is 1.47 bits per heavy atom. The number of nitrogens with two attached hydrogens (primary N) is 1. The zero-order valence-corrected chi connectivity index (χ0v) is 10.7. The Morgan fingerprint density at radius 2 is 2.24 bits per heavy atom. The molecule has 2 N–H and O–H groups in total. The van der Waals surface area contributed by atoms with Gasteiger partial charge in [-0.25, -0.2) is 4.98 Å². The van der Waals surface area contributed by atoms with Crippen LogP contribution in [0, 0.1) is 0 Å². The van der Waals surface area contributed by atoms with Gasteiger partial charge in [0.05, 0.1) is 10.5 Å². The number of hydrogen-bond acceptors (Lipinski definition) is 2. The van der Waals surface area contributed by atoms with E-state index in [9.17, 15) is 0 Å². The van der Waals surface area contributed by atoms with Gasteiger partial charge in [0.15, 0.2) is 0 Å². The molecule has 0 amide bonds. The molecule has 0 saturated heterocycles. The van der Waals surface area contributed by atoms with E-state index in [0.717, 1.165) is 17.5 Å². The second-order valence-electron chi connectivity index (χ2n) is 4.84. The zero-order valence-electron chi connectivity index (χ0n) is 9.91.